The summed E-state index contributed by atoms with van der Waals surface area (Å²) in [6, 6.07) is 22.1. The predicted octanol–water partition coefficient (Wildman–Crippen LogP) is 1.49. The van der Waals surface area contributed by atoms with Crippen LogP contribution in [0.25, 0.3) is 0 Å². The standard InChI is InChI=1S/C56H72N10O8/c1-33(57-3)51(69)61-45-31-63(25-23-39-19-21-47(65(39)55(45)73)53(71)59-43-29-41(43)37-11-7-5-8-12-37)49(67)27-35-15-17-36(18-16-35)28-50(68)64-26-24-40-20-22-48(54(72)60-44-30-42(44)38-13-9-6-10-14-38)66(40)56(74)46(32-64)62-52(70)34(2)58-4/h5-18,33-34,39-48,57-58H,19-32H2,1-4H3,(H,59,71)(H,60,72)(H,61,69)(H,62,70)/t33-,34-,39+,40+,41-,42-,43+,44+,45-,46+,47-,48-/m0/s1. The molecule has 74 heavy (non-hydrogen) atoms. The Morgan fingerprint density at radius 1 is 0.514 bits per heavy atom. The molecule has 6 N–H and O–H groups in total. The number of carbonyl (C=O) groups is 8. The van der Waals surface area contributed by atoms with Gasteiger partial charge in [0.05, 0.1) is 24.9 Å². The van der Waals surface area contributed by atoms with E-state index in [9.17, 15) is 38.4 Å². The molecule has 2 aliphatic carbocycles. The average Bonchev–Trinajstić information content (AvgIpc) is 4.27. The van der Waals surface area contributed by atoms with Gasteiger partial charge in [-0.2, -0.15) is 0 Å². The van der Waals surface area contributed by atoms with E-state index in [4.69, 9.17) is 0 Å². The van der Waals surface area contributed by atoms with Crippen molar-refractivity contribution in [3.63, 3.8) is 0 Å². The van der Waals surface area contributed by atoms with E-state index >= 15 is 0 Å². The topological polar surface area (TPSA) is 222 Å². The highest BCUT2D eigenvalue weighted by molar-refractivity contribution is 5.96. The summed E-state index contributed by atoms with van der Waals surface area (Å²) in [7, 11) is 3.30. The lowest BCUT2D eigenvalue weighted by molar-refractivity contribution is -0.147. The molecule has 4 saturated heterocycles. The highest BCUT2D eigenvalue weighted by Gasteiger charge is 2.50. The molecule has 12 atom stereocenters. The van der Waals surface area contributed by atoms with Gasteiger partial charge in [0.25, 0.3) is 0 Å². The lowest BCUT2D eigenvalue weighted by atomic mass is 10.0. The van der Waals surface area contributed by atoms with E-state index in [1.807, 2.05) is 36.4 Å². The summed E-state index contributed by atoms with van der Waals surface area (Å²) in [6.07, 6.45) is 4.84. The van der Waals surface area contributed by atoms with E-state index in [2.05, 4.69) is 56.2 Å². The smallest absolute Gasteiger partial charge is 0.247 e. The van der Waals surface area contributed by atoms with Crippen molar-refractivity contribution in [2.24, 2.45) is 0 Å². The van der Waals surface area contributed by atoms with Gasteiger partial charge in [-0.15, -0.1) is 0 Å². The molecule has 2 saturated carbocycles. The quantitative estimate of drug-likeness (QED) is 0.121. The van der Waals surface area contributed by atoms with Gasteiger partial charge in [0.2, 0.25) is 47.3 Å². The third-order valence-electron chi connectivity index (χ3n) is 16.4. The minimum Gasteiger partial charge on any atom is -0.351 e. The molecule has 8 amide bonds. The summed E-state index contributed by atoms with van der Waals surface area (Å²) in [5.41, 5.74) is 3.74. The van der Waals surface area contributed by atoms with E-state index in [1.165, 1.54) is 11.1 Å². The van der Waals surface area contributed by atoms with Crippen LogP contribution in [0.15, 0.2) is 84.9 Å². The third-order valence-corrected chi connectivity index (χ3v) is 16.4. The van der Waals surface area contributed by atoms with E-state index < -0.39 is 48.1 Å². The summed E-state index contributed by atoms with van der Waals surface area (Å²) < 4.78 is 0. The maximum absolute atomic E-state index is 14.5. The Balaban J connectivity index is 0.822. The van der Waals surface area contributed by atoms with Crippen molar-refractivity contribution in [2.75, 3.05) is 40.3 Å². The number of carbonyl (C=O) groups excluding carboxylic acids is 8. The molecule has 6 fully saturated rings. The van der Waals surface area contributed by atoms with Crippen LogP contribution in [0.4, 0.5) is 0 Å². The van der Waals surface area contributed by atoms with Crippen molar-refractivity contribution in [1.82, 2.24) is 51.5 Å². The second-order valence-electron chi connectivity index (χ2n) is 21.3. The summed E-state index contributed by atoms with van der Waals surface area (Å²) in [5.74, 6) is -1.91. The van der Waals surface area contributed by atoms with Gasteiger partial charge in [0, 0.05) is 62.2 Å². The van der Waals surface area contributed by atoms with Crippen LogP contribution < -0.4 is 31.9 Å². The number of fused-ring (bicyclic) bond motifs is 2. The number of likely N-dealkylation sites (N-methyl/N-ethyl adjacent to an activating group) is 2. The lowest BCUT2D eigenvalue weighted by Crippen LogP contribution is -2.62. The highest BCUT2D eigenvalue weighted by atomic mass is 16.2. The Kier molecular flexibility index (Phi) is 16.1. The fourth-order valence-corrected chi connectivity index (χ4v) is 11.5. The van der Waals surface area contributed by atoms with Gasteiger partial charge >= 0.3 is 0 Å². The average molecular weight is 1010 g/mol. The monoisotopic (exact) mass is 1010 g/mol. The Bertz CT molecular complexity index is 2390. The van der Waals surface area contributed by atoms with E-state index in [0.29, 0.717) is 62.7 Å². The van der Waals surface area contributed by atoms with Crippen LogP contribution in [-0.4, -0.2) is 168 Å². The van der Waals surface area contributed by atoms with Crippen molar-refractivity contribution in [1.29, 1.82) is 0 Å². The maximum Gasteiger partial charge on any atom is 0.247 e. The predicted molar refractivity (Wildman–Crippen MR) is 276 cm³/mol. The van der Waals surface area contributed by atoms with Gasteiger partial charge in [0.15, 0.2) is 0 Å². The van der Waals surface area contributed by atoms with Gasteiger partial charge in [-0.25, -0.2) is 0 Å². The Hall–Kier alpha value is -6.66. The second-order valence-corrected chi connectivity index (χ2v) is 21.3. The lowest BCUT2D eigenvalue weighted by Gasteiger charge is -2.39. The minimum atomic E-state index is -1.07. The normalized spacial score (nSPS) is 28.3. The zero-order valence-corrected chi connectivity index (χ0v) is 43.0. The largest absolute Gasteiger partial charge is 0.351 e. The summed E-state index contributed by atoms with van der Waals surface area (Å²) >= 11 is 0. The van der Waals surface area contributed by atoms with Crippen LogP contribution in [0.1, 0.15) is 99.3 Å². The molecule has 0 bridgehead atoms. The molecule has 18 heteroatoms. The zero-order chi connectivity index (χ0) is 52.2. The fourth-order valence-electron chi connectivity index (χ4n) is 11.5. The summed E-state index contributed by atoms with van der Waals surface area (Å²) in [4.78, 5) is 118. The first kappa shape index (κ1) is 52.2. The zero-order valence-electron chi connectivity index (χ0n) is 43.0. The molecule has 0 aromatic heterocycles. The summed E-state index contributed by atoms with van der Waals surface area (Å²) in [6.45, 7) is 3.92. The number of rotatable bonds is 16. The van der Waals surface area contributed by atoms with E-state index in [0.717, 1.165) is 12.8 Å². The van der Waals surface area contributed by atoms with Gasteiger partial charge in [-0.3, -0.25) is 38.4 Å². The molecule has 394 valence electrons. The second kappa shape index (κ2) is 22.8. The Morgan fingerprint density at radius 2 is 0.892 bits per heavy atom. The third kappa shape index (κ3) is 11.8. The number of hydrogen-bond acceptors (Lipinski definition) is 10. The van der Waals surface area contributed by atoms with E-state index in [-0.39, 0.29) is 97.4 Å². The van der Waals surface area contributed by atoms with Crippen molar-refractivity contribution in [2.45, 2.75) is 150 Å². The van der Waals surface area contributed by atoms with Crippen LogP contribution >= 0.6 is 0 Å². The number of hydrogen-bond donors (Lipinski definition) is 6. The van der Waals surface area contributed by atoms with Crippen LogP contribution in [0, 0.1) is 0 Å². The molecule has 4 heterocycles. The van der Waals surface area contributed by atoms with Crippen LogP contribution in [0.5, 0.6) is 0 Å². The van der Waals surface area contributed by atoms with Gasteiger partial charge < -0.3 is 51.5 Å². The first-order chi connectivity index (χ1) is 35.7. The van der Waals surface area contributed by atoms with Crippen molar-refractivity contribution >= 4 is 47.3 Å². The molecule has 18 nitrogen and oxygen atoms in total. The van der Waals surface area contributed by atoms with Crippen LogP contribution in [0.3, 0.4) is 0 Å². The molecule has 3 aromatic carbocycles. The fraction of sp³-hybridized carbons (Fsp3) is 0.536. The number of nitrogens with zero attached hydrogens (tertiary/aromatic N) is 4. The van der Waals surface area contributed by atoms with Crippen molar-refractivity contribution in [3.05, 3.63) is 107 Å². The maximum atomic E-state index is 14.5. The molecule has 0 unspecified atom stereocenters. The van der Waals surface area contributed by atoms with Crippen molar-refractivity contribution in [3.8, 4) is 0 Å². The highest BCUT2D eigenvalue weighted by Crippen LogP contribution is 2.42. The summed E-state index contributed by atoms with van der Waals surface area (Å²) in [5, 5.41) is 18.0. The molecule has 0 radical (unpaired) electrons. The molecule has 4 aliphatic heterocycles. The van der Waals surface area contributed by atoms with Gasteiger partial charge in [-0.05, 0) is 102 Å². The molecular weight excluding hydrogens is 941 g/mol. The van der Waals surface area contributed by atoms with Crippen molar-refractivity contribution < 1.29 is 38.4 Å². The first-order valence-corrected chi connectivity index (χ1v) is 26.6. The molecule has 6 aliphatic rings. The Labute approximate surface area is 433 Å². The van der Waals surface area contributed by atoms with Crippen LogP contribution in [-0.2, 0) is 51.2 Å². The van der Waals surface area contributed by atoms with Gasteiger partial charge in [-0.1, -0.05) is 84.9 Å². The number of benzene rings is 3. The minimum absolute atomic E-state index is 0.00337. The molecule has 0 spiro atoms. The Morgan fingerprint density at radius 3 is 1.26 bits per heavy atom. The van der Waals surface area contributed by atoms with Gasteiger partial charge in [0.1, 0.15) is 24.2 Å². The SMILES string of the molecule is CN[C@@H](C)C(=O)N[C@H]1CN(C(=O)Cc2ccc(CC(=O)N3CC[C@H]4CC[C@@H](C(=O)N[C@@H]5C[C@H]5c5ccccc5)N4C(=O)[C@H](NC(=O)[C@H](C)NC)C3)cc2)CC[C@H]2CC[C@@H](C(=O)N[C@@H]3C[C@H]3c3ccccc3)N2C1=O. The van der Waals surface area contributed by atoms with Crippen LogP contribution in [0.2, 0.25) is 0 Å². The first-order valence-electron chi connectivity index (χ1n) is 26.6. The van der Waals surface area contributed by atoms with E-state index in [1.54, 1.807) is 71.8 Å². The molecular formula is C56H72N10O8. The number of nitrogens with one attached hydrogen (secondary N) is 6. The number of amides is 8. The molecule has 3 aromatic rings. The molecule has 9 rings (SSSR count).